The average Bonchev–Trinajstić information content (AvgIpc) is 2.52. The van der Waals surface area contributed by atoms with Crippen LogP contribution in [0.5, 0.6) is 0 Å². The van der Waals surface area contributed by atoms with Gasteiger partial charge in [-0.05, 0) is 57.8 Å². The molecule has 0 aromatic carbocycles. The Labute approximate surface area is 150 Å². The maximum Gasteiger partial charge on any atom is 0.0782 e. The van der Waals surface area contributed by atoms with Crippen LogP contribution in [0.3, 0.4) is 0 Å². The first-order valence-corrected chi connectivity index (χ1v) is 11.2. The minimum absolute atomic E-state index is 1.12. The fourth-order valence-electron chi connectivity index (χ4n) is 3.18. The molecule has 0 aromatic heterocycles. The third-order valence-electron chi connectivity index (χ3n) is 4.83. The summed E-state index contributed by atoms with van der Waals surface area (Å²) >= 11 is 0. The Morgan fingerprint density at radius 1 is 0.652 bits per heavy atom. The van der Waals surface area contributed by atoms with Crippen molar-refractivity contribution in [3.63, 3.8) is 0 Å². The van der Waals surface area contributed by atoms with Crippen molar-refractivity contribution in [2.24, 2.45) is 0 Å². The Bertz CT molecular complexity index is 232. The normalized spacial score (nSPS) is 12.0. The van der Waals surface area contributed by atoms with E-state index in [1.165, 1.54) is 107 Å². The van der Waals surface area contributed by atoms with Crippen LogP contribution in [0.1, 0.15) is 84.0 Å². The quantitative estimate of drug-likeness (QED) is 0.204. The van der Waals surface area contributed by atoms with Crippen LogP contribution in [0.4, 0.5) is 0 Å². The van der Waals surface area contributed by atoms with Crippen LogP contribution in [-0.2, 0) is 0 Å². The molecule has 0 aromatic rings. The summed E-state index contributed by atoms with van der Waals surface area (Å²) in [5.41, 5.74) is 0. The second-order valence-electron chi connectivity index (χ2n) is 7.77. The summed E-state index contributed by atoms with van der Waals surface area (Å²) in [5.74, 6) is 0. The highest BCUT2D eigenvalue weighted by Gasteiger charge is 2.13. The number of rotatable bonds is 18. The summed E-state index contributed by atoms with van der Waals surface area (Å²) in [5, 5.41) is 3.41. The second-order valence-corrected chi connectivity index (χ2v) is 8.35. The zero-order valence-corrected chi connectivity index (χ0v) is 17.7. The van der Waals surface area contributed by atoms with Gasteiger partial charge < -0.3 is 9.80 Å². The molecule has 0 amide bonds. The van der Waals surface area contributed by atoms with Crippen molar-refractivity contribution in [2.75, 3.05) is 46.4 Å². The van der Waals surface area contributed by atoms with Gasteiger partial charge in [0.05, 0.1) is 27.2 Å². The number of nitrogens with one attached hydrogen (secondary N) is 1. The second kappa shape index (κ2) is 17.2. The Kier molecular flexibility index (Phi) is 17.4. The van der Waals surface area contributed by atoms with E-state index in [9.17, 15) is 0 Å². The molecule has 0 saturated carbocycles. The maximum absolute atomic E-state index is 3.41. The topological polar surface area (TPSA) is 12.0 Å². The van der Waals surface area contributed by atoms with E-state index in [1.54, 1.807) is 0 Å². The summed E-state index contributed by atoms with van der Waals surface area (Å²) < 4.78 is 1.23. The van der Waals surface area contributed by atoms with Crippen LogP contribution in [0.25, 0.3) is 0 Å². The SMILES string of the molecule is CCNCCCCCCCC[N+](C)(C)CCCCCCCCP. The highest BCUT2D eigenvalue weighted by molar-refractivity contribution is 7.16. The molecule has 0 radical (unpaired) electrons. The molecule has 0 fully saturated rings. The van der Waals surface area contributed by atoms with Gasteiger partial charge in [0.2, 0.25) is 0 Å². The monoisotopic (exact) mass is 345 g/mol. The number of quaternary nitrogens is 1. The van der Waals surface area contributed by atoms with Gasteiger partial charge in [-0.15, -0.1) is 9.24 Å². The third kappa shape index (κ3) is 18.5. The first-order valence-electron chi connectivity index (χ1n) is 10.3. The number of hydrogen-bond donors (Lipinski definition) is 1. The molecule has 0 spiro atoms. The molecule has 1 N–H and O–H groups in total. The first kappa shape index (κ1) is 23.4. The summed E-state index contributed by atoms with van der Waals surface area (Å²) in [6, 6.07) is 0. The van der Waals surface area contributed by atoms with Gasteiger partial charge in [-0.2, -0.15) is 0 Å². The molecule has 0 aliphatic rings. The molecule has 0 aliphatic heterocycles. The van der Waals surface area contributed by atoms with Gasteiger partial charge in [0, 0.05) is 0 Å². The predicted octanol–water partition coefficient (Wildman–Crippen LogP) is 5.23. The van der Waals surface area contributed by atoms with Crippen LogP contribution >= 0.6 is 9.24 Å². The molecular formula is C20H46N2P+. The van der Waals surface area contributed by atoms with Crippen LogP contribution in [0.2, 0.25) is 0 Å². The van der Waals surface area contributed by atoms with E-state index in [0.717, 1.165) is 6.54 Å². The molecule has 0 rings (SSSR count). The molecule has 2 nitrogen and oxygen atoms in total. The number of hydrogen-bond acceptors (Lipinski definition) is 1. The maximum atomic E-state index is 3.41. The van der Waals surface area contributed by atoms with Gasteiger partial charge in [0.15, 0.2) is 0 Å². The molecule has 1 unspecified atom stereocenters. The van der Waals surface area contributed by atoms with Crippen molar-refractivity contribution in [2.45, 2.75) is 84.0 Å². The lowest BCUT2D eigenvalue weighted by Gasteiger charge is -2.30. The Morgan fingerprint density at radius 3 is 1.57 bits per heavy atom. The molecular weight excluding hydrogens is 299 g/mol. The van der Waals surface area contributed by atoms with Crippen molar-refractivity contribution in [3.8, 4) is 0 Å². The molecule has 0 bridgehead atoms. The number of unbranched alkanes of at least 4 members (excludes halogenated alkanes) is 10. The van der Waals surface area contributed by atoms with Gasteiger partial charge in [-0.1, -0.05) is 45.4 Å². The lowest BCUT2D eigenvalue weighted by Crippen LogP contribution is -2.41. The third-order valence-corrected chi connectivity index (χ3v) is 5.24. The molecule has 0 saturated heterocycles. The predicted molar refractivity (Wildman–Crippen MR) is 110 cm³/mol. The minimum Gasteiger partial charge on any atom is -0.328 e. The molecule has 140 valence electrons. The van der Waals surface area contributed by atoms with Crippen LogP contribution in [0, 0.1) is 0 Å². The van der Waals surface area contributed by atoms with E-state index in [4.69, 9.17) is 0 Å². The van der Waals surface area contributed by atoms with E-state index in [0.29, 0.717) is 0 Å². The lowest BCUT2D eigenvalue weighted by atomic mass is 10.1. The Hall–Kier alpha value is 0.350. The zero-order chi connectivity index (χ0) is 17.2. The molecule has 1 atom stereocenters. The van der Waals surface area contributed by atoms with Crippen LogP contribution in [0.15, 0.2) is 0 Å². The summed E-state index contributed by atoms with van der Waals surface area (Å²) in [6.45, 7) is 7.24. The van der Waals surface area contributed by atoms with E-state index in [1.807, 2.05) is 0 Å². The average molecular weight is 346 g/mol. The van der Waals surface area contributed by atoms with Gasteiger partial charge in [-0.3, -0.25) is 0 Å². The zero-order valence-electron chi connectivity index (χ0n) is 16.5. The standard InChI is InChI=1S/C20H46N2P/c1-4-21-17-13-9-5-6-10-14-18-22(2,3)19-15-11-7-8-12-16-20-23/h21H,4-20,23H2,1-3H3/q+1. The highest BCUT2D eigenvalue weighted by atomic mass is 31.0. The lowest BCUT2D eigenvalue weighted by molar-refractivity contribution is -0.890. The molecule has 0 aliphatic carbocycles. The van der Waals surface area contributed by atoms with E-state index < -0.39 is 0 Å². The molecule has 23 heavy (non-hydrogen) atoms. The van der Waals surface area contributed by atoms with Crippen molar-refractivity contribution in [1.82, 2.24) is 5.32 Å². The molecule has 3 heteroatoms. The van der Waals surface area contributed by atoms with Gasteiger partial charge in [0.25, 0.3) is 0 Å². The number of nitrogens with zero attached hydrogens (tertiary/aromatic N) is 1. The van der Waals surface area contributed by atoms with E-state index in [2.05, 4.69) is 35.6 Å². The van der Waals surface area contributed by atoms with Crippen LogP contribution < -0.4 is 5.32 Å². The van der Waals surface area contributed by atoms with Crippen molar-refractivity contribution >= 4 is 9.24 Å². The minimum atomic E-state index is 1.12. The molecule has 0 heterocycles. The fraction of sp³-hybridized carbons (Fsp3) is 1.00. The van der Waals surface area contributed by atoms with Crippen molar-refractivity contribution in [1.29, 1.82) is 0 Å². The van der Waals surface area contributed by atoms with Crippen molar-refractivity contribution < 1.29 is 4.48 Å². The summed E-state index contributed by atoms with van der Waals surface area (Å²) in [4.78, 5) is 0. The van der Waals surface area contributed by atoms with E-state index >= 15 is 0 Å². The smallest absolute Gasteiger partial charge is 0.0782 e. The van der Waals surface area contributed by atoms with E-state index in [-0.39, 0.29) is 0 Å². The first-order chi connectivity index (χ1) is 11.1. The Morgan fingerprint density at radius 2 is 1.09 bits per heavy atom. The fourth-order valence-corrected chi connectivity index (χ4v) is 3.47. The van der Waals surface area contributed by atoms with Gasteiger partial charge in [-0.25, -0.2) is 0 Å². The van der Waals surface area contributed by atoms with Crippen LogP contribution in [-0.4, -0.2) is 50.9 Å². The summed E-state index contributed by atoms with van der Waals surface area (Å²) in [6.07, 6.45) is 18.3. The van der Waals surface area contributed by atoms with Gasteiger partial charge >= 0.3 is 0 Å². The van der Waals surface area contributed by atoms with Gasteiger partial charge in [0.1, 0.15) is 0 Å². The largest absolute Gasteiger partial charge is 0.328 e. The summed E-state index contributed by atoms with van der Waals surface area (Å²) in [7, 11) is 7.68. The Balaban J connectivity index is 3.33. The van der Waals surface area contributed by atoms with Crippen molar-refractivity contribution in [3.05, 3.63) is 0 Å². The highest BCUT2D eigenvalue weighted by Crippen LogP contribution is 2.11.